The third-order valence-electron chi connectivity index (χ3n) is 3.44. The number of rotatable bonds is 3. The average Bonchev–Trinajstić information content (AvgIpc) is 2.70. The van der Waals surface area contributed by atoms with Gasteiger partial charge in [-0.25, -0.2) is 8.80 Å². The summed E-state index contributed by atoms with van der Waals surface area (Å²) in [6.45, 7) is 0. The van der Waals surface area contributed by atoms with Gasteiger partial charge < -0.3 is 0 Å². The number of nitrogens with zero attached hydrogens (tertiary/aromatic N) is 2. The highest BCUT2D eigenvalue weighted by atomic mass is 33.1. The number of benzene rings is 2. The van der Waals surface area contributed by atoms with Crippen LogP contribution in [0.2, 0.25) is 0 Å². The summed E-state index contributed by atoms with van der Waals surface area (Å²) in [6.07, 6.45) is 4.26. The molecule has 0 saturated carbocycles. The van der Waals surface area contributed by atoms with E-state index in [-0.39, 0.29) is 0 Å². The average molecular weight is 385 g/mol. The predicted molar refractivity (Wildman–Crippen MR) is 114 cm³/mol. The van der Waals surface area contributed by atoms with E-state index in [4.69, 9.17) is 0 Å². The monoisotopic (exact) mass is 384 g/mol. The van der Waals surface area contributed by atoms with Gasteiger partial charge in [0.15, 0.2) is 0 Å². The molecule has 2 nitrogen and oxygen atoms in total. The van der Waals surface area contributed by atoms with Gasteiger partial charge in [-0.1, -0.05) is 60.7 Å². The Morgan fingerprint density at radius 3 is 1.38 bits per heavy atom. The maximum Gasteiger partial charge on any atom is 0.0998 e. The third kappa shape index (κ3) is 3.67. The lowest BCUT2D eigenvalue weighted by atomic mass is 10.1. The number of hydrogen-bond donors (Lipinski definition) is 0. The summed E-state index contributed by atoms with van der Waals surface area (Å²) in [6, 6.07) is 20.8. The molecule has 0 unspecified atom stereocenters. The molecule has 0 aliphatic carbocycles. The summed E-state index contributed by atoms with van der Waals surface area (Å²) >= 11 is 0. The zero-order valence-electron chi connectivity index (χ0n) is 12.5. The first-order valence-electron chi connectivity index (χ1n) is 7.28. The second-order valence-corrected chi connectivity index (χ2v) is 8.79. The molecule has 118 valence electrons. The van der Waals surface area contributed by atoms with Crippen LogP contribution in [0.5, 0.6) is 0 Å². The summed E-state index contributed by atoms with van der Waals surface area (Å²) in [5.74, 6) is 0. The SMILES string of the molecule is C1=C(c2ccccc2)SSN=C1C1=NSSC(c2ccccc2)=C1. The quantitative estimate of drug-likeness (QED) is 0.441. The molecule has 0 fully saturated rings. The van der Waals surface area contributed by atoms with Gasteiger partial charge in [0.25, 0.3) is 0 Å². The van der Waals surface area contributed by atoms with Crippen molar-refractivity contribution in [1.29, 1.82) is 0 Å². The molecule has 2 aliphatic heterocycles. The summed E-state index contributed by atoms with van der Waals surface area (Å²) < 4.78 is 9.16. The summed E-state index contributed by atoms with van der Waals surface area (Å²) in [5.41, 5.74) is 4.29. The molecular weight excluding hydrogens is 372 g/mol. The standard InChI is InChI=1S/C18H12N2S4/c1-3-7-13(8-4-1)17-11-15(19-23-21-17)16-12-18(22-24-20-16)14-9-5-2-6-10-14/h1-12H. The fraction of sp³-hybridized carbons (Fsp3) is 0. The Morgan fingerprint density at radius 1 is 0.542 bits per heavy atom. The van der Waals surface area contributed by atoms with E-state index in [1.807, 2.05) is 12.1 Å². The van der Waals surface area contributed by atoms with Crippen LogP contribution in [0, 0.1) is 0 Å². The van der Waals surface area contributed by atoms with Crippen molar-refractivity contribution in [3.8, 4) is 0 Å². The van der Waals surface area contributed by atoms with Crippen LogP contribution < -0.4 is 0 Å². The molecular formula is C18H12N2S4. The van der Waals surface area contributed by atoms with E-state index < -0.39 is 0 Å². The lowest BCUT2D eigenvalue weighted by molar-refractivity contribution is 1.65. The molecule has 0 bridgehead atoms. The molecule has 0 N–H and O–H groups in total. The first-order chi connectivity index (χ1) is 11.9. The molecule has 0 spiro atoms. The molecule has 0 atom stereocenters. The third-order valence-corrected chi connectivity index (χ3v) is 7.17. The normalized spacial score (nSPS) is 17.5. The predicted octanol–water partition coefficient (Wildman–Crippen LogP) is 6.57. The van der Waals surface area contributed by atoms with Crippen molar-refractivity contribution in [2.75, 3.05) is 0 Å². The molecule has 4 rings (SSSR count). The van der Waals surface area contributed by atoms with Crippen LogP contribution >= 0.6 is 43.5 Å². The van der Waals surface area contributed by atoms with Crippen LogP contribution in [-0.2, 0) is 0 Å². The van der Waals surface area contributed by atoms with Gasteiger partial charge in [-0.2, -0.15) is 0 Å². The van der Waals surface area contributed by atoms with Crippen molar-refractivity contribution in [1.82, 2.24) is 0 Å². The maximum absolute atomic E-state index is 4.58. The van der Waals surface area contributed by atoms with Crippen molar-refractivity contribution in [2.45, 2.75) is 0 Å². The fourth-order valence-corrected chi connectivity index (χ4v) is 5.78. The zero-order valence-corrected chi connectivity index (χ0v) is 15.7. The summed E-state index contributed by atoms with van der Waals surface area (Å²) in [7, 11) is 6.38. The van der Waals surface area contributed by atoms with Gasteiger partial charge >= 0.3 is 0 Å². The molecule has 0 aromatic heterocycles. The molecule has 2 aromatic carbocycles. The Labute approximate surface area is 157 Å². The number of allylic oxidation sites excluding steroid dienone is 2. The Bertz CT molecular complexity index is 782. The topological polar surface area (TPSA) is 24.7 Å². The van der Waals surface area contributed by atoms with Crippen LogP contribution in [-0.4, -0.2) is 11.4 Å². The fourth-order valence-electron chi connectivity index (χ4n) is 2.26. The molecule has 0 amide bonds. The van der Waals surface area contributed by atoms with Gasteiger partial charge in [-0.05, 0) is 44.9 Å². The Morgan fingerprint density at radius 2 is 0.958 bits per heavy atom. The van der Waals surface area contributed by atoms with Crippen LogP contribution in [0.15, 0.2) is 81.6 Å². The van der Waals surface area contributed by atoms with E-state index >= 15 is 0 Å². The van der Waals surface area contributed by atoms with E-state index in [0.29, 0.717) is 0 Å². The van der Waals surface area contributed by atoms with Crippen LogP contribution in [0.4, 0.5) is 0 Å². The van der Waals surface area contributed by atoms with Gasteiger partial charge in [-0.3, -0.25) is 0 Å². The van der Waals surface area contributed by atoms with Crippen molar-refractivity contribution in [2.24, 2.45) is 8.80 Å². The van der Waals surface area contributed by atoms with Crippen LogP contribution in [0.25, 0.3) is 9.81 Å². The van der Waals surface area contributed by atoms with E-state index in [1.165, 1.54) is 42.9 Å². The second kappa shape index (κ2) is 7.70. The minimum atomic E-state index is 0.929. The molecule has 24 heavy (non-hydrogen) atoms. The van der Waals surface area contributed by atoms with Gasteiger partial charge in [0.05, 0.1) is 11.4 Å². The van der Waals surface area contributed by atoms with Gasteiger partial charge in [0.1, 0.15) is 0 Å². The van der Waals surface area contributed by atoms with Crippen molar-refractivity contribution < 1.29 is 0 Å². The van der Waals surface area contributed by atoms with Crippen molar-refractivity contribution in [3.63, 3.8) is 0 Å². The Balaban J connectivity index is 1.64. The minimum absolute atomic E-state index is 0.929. The highest BCUT2D eigenvalue weighted by Gasteiger charge is 2.18. The lowest BCUT2D eigenvalue weighted by Crippen LogP contribution is -2.11. The van der Waals surface area contributed by atoms with E-state index in [9.17, 15) is 0 Å². The van der Waals surface area contributed by atoms with Crippen molar-refractivity contribution in [3.05, 3.63) is 83.9 Å². The smallest absolute Gasteiger partial charge is 0.0998 e. The maximum atomic E-state index is 4.58. The second-order valence-electron chi connectivity index (χ2n) is 5.02. The lowest BCUT2D eigenvalue weighted by Gasteiger charge is -2.15. The number of hydrogen-bond acceptors (Lipinski definition) is 6. The molecule has 2 aromatic rings. The first kappa shape index (κ1) is 16.1. The van der Waals surface area contributed by atoms with E-state index in [0.717, 1.165) is 11.4 Å². The van der Waals surface area contributed by atoms with Crippen LogP contribution in [0.1, 0.15) is 11.1 Å². The van der Waals surface area contributed by atoms with Gasteiger partial charge in [0.2, 0.25) is 0 Å². The molecule has 0 radical (unpaired) electrons. The van der Waals surface area contributed by atoms with Crippen molar-refractivity contribution >= 4 is 64.8 Å². The summed E-state index contributed by atoms with van der Waals surface area (Å²) in [5, 5.41) is 0. The minimum Gasteiger partial charge on any atom is -0.203 e. The molecule has 2 aliphatic rings. The molecule has 6 heteroatoms. The highest BCUT2D eigenvalue weighted by Crippen LogP contribution is 2.44. The van der Waals surface area contributed by atoms with E-state index in [2.05, 4.69) is 69.5 Å². The molecule has 2 heterocycles. The van der Waals surface area contributed by atoms with Gasteiger partial charge in [0, 0.05) is 31.8 Å². The Kier molecular flexibility index (Phi) is 5.18. The Hall–Kier alpha value is -1.34. The summed E-state index contributed by atoms with van der Waals surface area (Å²) in [4.78, 5) is 2.43. The van der Waals surface area contributed by atoms with Crippen LogP contribution in [0.3, 0.4) is 0 Å². The largest absolute Gasteiger partial charge is 0.203 e. The highest BCUT2D eigenvalue weighted by molar-refractivity contribution is 8.80. The zero-order chi connectivity index (χ0) is 16.2. The molecule has 0 saturated heterocycles. The van der Waals surface area contributed by atoms with Gasteiger partial charge in [-0.15, -0.1) is 0 Å². The first-order valence-corrected chi connectivity index (χ1v) is 11.5. The van der Waals surface area contributed by atoms with E-state index in [1.54, 1.807) is 21.6 Å².